The predicted octanol–water partition coefficient (Wildman–Crippen LogP) is 2.98. The first kappa shape index (κ1) is 13.2. The standard InChI is InChI=1S/C14H26N4/c1-9(2)17(8-12-6-7-12)14-13(15)11(5)16-18(14)10(3)4/h9-10,12H,6-8,15H2,1-5H3. The average molecular weight is 250 g/mol. The van der Waals surface area contributed by atoms with Crippen LogP contribution in [0, 0.1) is 12.8 Å². The molecule has 0 spiro atoms. The molecule has 0 atom stereocenters. The van der Waals surface area contributed by atoms with Crippen molar-refractivity contribution in [3.05, 3.63) is 5.69 Å². The summed E-state index contributed by atoms with van der Waals surface area (Å²) in [4.78, 5) is 2.42. The summed E-state index contributed by atoms with van der Waals surface area (Å²) in [6.07, 6.45) is 2.72. The van der Waals surface area contributed by atoms with Crippen molar-refractivity contribution in [2.24, 2.45) is 5.92 Å². The van der Waals surface area contributed by atoms with Gasteiger partial charge in [-0.05, 0) is 53.4 Å². The second-order valence-electron chi connectivity index (χ2n) is 6.05. The van der Waals surface area contributed by atoms with Crippen molar-refractivity contribution in [3.8, 4) is 0 Å². The van der Waals surface area contributed by atoms with E-state index in [0.717, 1.165) is 29.7 Å². The van der Waals surface area contributed by atoms with E-state index >= 15 is 0 Å². The van der Waals surface area contributed by atoms with E-state index in [0.29, 0.717) is 12.1 Å². The molecule has 1 aromatic heterocycles. The normalized spacial score (nSPS) is 15.7. The van der Waals surface area contributed by atoms with Crippen LogP contribution in [0.4, 0.5) is 11.5 Å². The summed E-state index contributed by atoms with van der Waals surface area (Å²) in [5.74, 6) is 1.96. The quantitative estimate of drug-likeness (QED) is 0.874. The number of aryl methyl sites for hydroxylation is 1. The summed E-state index contributed by atoms with van der Waals surface area (Å²) in [5.41, 5.74) is 8.04. The first-order chi connectivity index (χ1) is 8.41. The molecule has 0 aromatic carbocycles. The number of rotatable bonds is 5. The fourth-order valence-electron chi connectivity index (χ4n) is 2.31. The molecule has 0 saturated heterocycles. The van der Waals surface area contributed by atoms with Crippen molar-refractivity contribution in [3.63, 3.8) is 0 Å². The summed E-state index contributed by atoms with van der Waals surface area (Å²) in [6.45, 7) is 11.9. The second kappa shape index (κ2) is 4.82. The third-order valence-corrected chi connectivity index (χ3v) is 3.64. The fourth-order valence-corrected chi connectivity index (χ4v) is 2.31. The Morgan fingerprint density at radius 1 is 1.33 bits per heavy atom. The summed E-state index contributed by atoms with van der Waals surface area (Å²) in [5, 5.41) is 4.59. The van der Waals surface area contributed by atoms with Gasteiger partial charge >= 0.3 is 0 Å². The number of hydrogen-bond donors (Lipinski definition) is 1. The van der Waals surface area contributed by atoms with E-state index in [1.54, 1.807) is 0 Å². The van der Waals surface area contributed by atoms with E-state index in [-0.39, 0.29) is 0 Å². The third-order valence-electron chi connectivity index (χ3n) is 3.64. The fraction of sp³-hybridized carbons (Fsp3) is 0.786. The van der Waals surface area contributed by atoms with Crippen molar-refractivity contribution in [2.75, 3.05) is 17.2 Å². The highest BCUT2D eigenvalue weighted by molar-refractivity contribution is 5.66. The summed E-state index contributed by atoms with van der Waals surface area (Å²) in [6, 6.07) is 0.804. The number of hydrogen-bond acceptors (Lipinski definition) is 3. The van der Waals surface area contributed by atoms with Crippen molar-refractivity contribution in [1.82, 2.24) is 9.78 Å². The number of anilines is 2. The van der Waals surface area contributed by atoms with Gasteiger partial charge in [0.25, 0.3) is 0 Å². The van der Waals surface area contributed by atoms with Gasteiger partial charge in [0, 0.05) is 18.6 Å². The Hall–Kier alpha value is -1.19. The topological polar surface area (TPSA) is 47.1 Å². The van der Waals surface area contributed by atoms with Gasteiger partial charge in [0.05, 0.1) is 11.4 Å². The zero-order valence-corrected chi connectivity index (χ0v) is 12.3. The van der Waals surface area contributed by atoms with Gasteiger partial charge in [0.2, 0.25) is 0 Å². The molecule has 0 bridgehead atoms. The lowest BCUT2D eigenvalue weighted by molar-refractivity contribution is 0.508. The Balaban J connectivity index is 2.38. The Morgan fingerprint density at radius 3 is 2.39 bits per heavy atom. The van der Waals surface area contributed by atoms with Gasteiger partial charge in [-0.2, -0.15) is 5.10 Å². The molecular weight excluding hydrogens is 224 g/mol. The van der Waals surface area contributed by atoms with Crippen molar-refractivity contribution < 1.29 is 0 Å². The van der Waals surface area contributed by atoms with Crippen LogP contribution in [0.5, 0.6) is 0 Å². The van der Waals surface area contributed by atoms with E-state index < -0.39 is 0 Å². The minimum atomic E-state index is 0.344. The third kappa shape index (κ3) is 2.47. The maximum absolute atomic E-state index is 6.25. The molecule has 4 heteroatoms. The van der Waals surface area contributed by atoms with E-state index in [1.807, 2.05) is 6.92 Å². The van der Waals surface area contributed by atoms with Gasteiger partial charge in [0.15, 0.2) is 5.82 Å². The van der Waals surface area contributed by atoms with Gasteiger partial charge in [-0.1, -0.05) is 0 Å². The minimum Gasteiger partial charge on any atom is -0.394 e. The lowest BCUT2D eigenvalue weighted by atomic mass is 10.2. The zero-order valence-electron chi connectivity index (χ0n) is 12.3. The molecule has 1 fully saturated rings. The molecule has 0 aliphatic heterocycles. The maximum Gasteiger partial charge on any atom is 0.151 e. The highest BCUT2D eigenvalue weighted by Gasteiger charge is 2.29. The average Bonchev–Trinajstić information content (AvgIpc) is 3.04. The highest BCUT2D eigenvalue weighted by atomic mass is 15.4. The number of nitrogens with zero attached hydrogens (tertiary/aromatic N) is 3. The SMILES string of the molecule is Cc1nn(C(C)C)c(N(CC2CC2)C(C)C)c1N. The van der Waals surface area contributed by atoms with E-state index in [1.165, 1.54) is 12.8 Å². The Bertz CT molecular complexity index is 416. The lowest BCUT2D eigenvalue weighted by Gasteiger charge is -2.30. The summed E-state index contributed by atoms with van der Waals surface area (Å²) in [7, 11) is 0. The van der Waals surface area contributed by atoms with E-state index in [4.69, 9.17) is 5.73 Å². The van der Waals surface area contributed by atoms with Crippen molar-refractivity contribution in [1.29, 1.82) is 0 Å². The maximum atomic E-state index is 6.25. The summed E-state index contributed by atoms with van der Waals surface area (Å²) >= 11 is 0. The molecule has 4 nitrogen and oxygen atoms in total. The van der Waals surface area contributed by atoms with Crippen LogP contribution in [0.15, 0.2) is 0 Å². The molecule has 1 saturated carbocycles. The first-order valence-corrected chi connectivity index (χ1v) is 7.03. The van der Waals surface area contributed by atoms with Crippen LogP contribution >= 0.6 is 0 Å². The molecule has 1 heterocycles. The zero-order chi connectivity index (χ0) is 13.4. The van der Waals surface area contributed by atoms with Gasteiger partial charge in [-0.3, -0.25) is 0 Å². The monoisotopic (exact) mass is 250 g/mol. The smallest absolute Gasteiger partial charge is 0.151 e. The number of nitrogen functional groups attached to an aromatic ring is 1. The molecule has 2 rings (SSSR count). The van der Waals surface area contributed by atoms with Crippen LogP contribution in [0.1, 0.15) is 52.3 Å². The van der Waals surface area contributed by atoms with Gasteiger partial charge in [-0.25, -0.2) is 4.68 Å². The predicted molar refractivity (Wildman–Crippen MR) is 77.0 cm³/mol. The van der Waals surface area contributed by atoms with Crippen LogP contribution in [0.25, 0.3) is 0 Å². The second-order valence-corrected chi connectivity index (χ2v) is 6.05. The van der Waals surface area contributed by atoms with Crippen molar-refractivity contribution in [2.45, 2.75) is 59.5 Å². The molecule has 0 amide bonds. The van der Waals surface area contributed by atoms with E-state index in [2.05, 4.69) is 42.4 Å². The van der Waals surface area contributed by atoms with Crippen LogP contribution in [-0.2, 0) is 0 Å². The van der Waals surface area contributed by atoms with Gasteiger partial charge in [0.1, 0.15) is 0 Å². The first-order valence-electron chi connectivity index (χ1n) is 7.03. The Labute approximate surface area is 110 Å². The number of aromatic nitrogens is 2. The molecular formula is C14H26N4. The van der Waals surface area contributed by atoms with Gasteiger partial charge in [-0.15, -0.1) is 0 Å². The Morgan fingerprint density at radius 2 is 1.94 bits per heavy atom. The summed E-state index contributed by atoms with van der Waals surface area (Å²) < 4.78 is 2.08. The van der Waals surface area contributed by atoms with Crippen LogP contribution in [-0.4, -0.2) is 22.4 Å². The molecule has 102 valence electrons. The molecule has 1 aliphatic carbocycles. The van der Waals surface area contributed by atoms with Crippen LogP contribution < -0.4 is 10.6 Å². The highest BCUT2D eigenvalue weighted by Crippen LogP contribution is 2.36. The molecule has 0 unspecified atom stereocenters. The molecule has 2 N–H and O–H groups in total. The number of nitrogens with two attached hydrogens (primary N) is 1. The molecule has 0 radical (unpaired) electrons. The molecule has 18 heavy (non-hydrogen) atoms. The van der Waals surface area contributed by atoms with Gasteiger partial charge < -0.3 is 10.6 Å². The van der Waals surface area contributed by atoms with Crippen LogP contribution in [0.2, 0.25) is 0 Å². The minimum absolute atomic E-state index is 0.344. The molecule has 1 aliphatic rings. The Kier molecular flexibility index (Phi) is 3.55. The van der Waals surface area contributed by atoms with E-state index in [9.17, 15) is 0 Å². The largest absolute Gasteiger partial charge is 0.394 e. The van der Waals surface area contributed by atoms with Crippen molar-refractivity contribution >= 4 is 11.5 Å². The molecule has 1 aromatic rings. The lowest BCUT2D eigenvalue weighted by Crippen LogP contribution is -2.35. The van der Waals surface area contributed by atoms with Crippen LogP contribution in [0.3, 0.4) is 0 Å².